The molecule has 35 heavy (non-hydrogen) atoms. The topological polar surface area (TPSA) is 126 Å². The van der Waals surface area contributed by atoms with Crippen molar-refractivity contribution < 1.29 is 33.5 Å². The first kappa shape index (κ1) is 26.2. The minimum Gasteiger partial charge on any atom is -0.465 e. The second-order valence-electron chi connectivity index (χ2n) is 11.8. The third-order valence-electron chi connectivity index (χ3n) is 8.71. The van der Waals surface area contributed by atoms with Gasteiger partial charge in [-0.1, -0.05) is 27.7 Å². The Morgan fingerprint density at radius 1 is 1.11 bits per heavy atom. The SMILES string of the molecule is CC(C)CC(NC(=O)C(CC(=O)N1CCOCC1)NC(=O)O)B1O[C@@H]2C[C@@H]3C[C@@H](C3(C)C)[C@]2(C)O1. The quantitative estimate of drug-likeness (QED) is 0.439. The van der Waals surface area contributed by atoms with E-state index in [0.717, 1.165) is 12.8 Å². The van der Waals surface area contributed by atoms with Gasteiger partial charge in [0, 0.05) is 13.1 Å². The van der Waals surface area contributed by atoms with Gasteiger partial charge in [-0.25, -0.2) is 4.79 Å². The van der Waals surface area contributed by atoms with Crippen LogP contribution >= 0.6 is 0 Å². The summed E-state index contributed by atoms with van der Waals surface area (Å²) in [7, 11) is -0.619. The van der Waals surface area contributed by atoms with Crippen LogP contribution in [-0.4, -0.2) is 85.0 Å². The van der Waals surface area contributed by atoms with Gasteiger partial charge >= 0.3 is 13.2 Å². The van der Waals surface area contributed by atoms with E-state index < -0.39 is 36.7 Å². The van der Waals surface area contributed by atoms with E-state index in [-0.39, 0.29) is 29.8 Å². The van der Waals surface area contributed by atoms with Gasteiger partial charge in [-0.3, -0.25) is 9.59 Å². The average Bonchev–Trinajstić information content (AvgIpc) is 3.15. The number of hydrogen-bond acceptors (Lipinski definition) is 6. The zero-order chi connectivity index (χ0) is 25.5. The molecule has 3 amide bonds. The molecular weight excluding hydrogens is 453 g/mol. The van der Waals surface area contributed by atoms with Crippen molar-refractivity contribution in [3.63, 3.8) is 0 Å². The van der Waals surface area contributed by atoms with E-state index in [1.807, 2.05) is 0 Å². The molecule has 2 bridgehead atoms. The molecule has 2 unspecified atom stereocenters. The lowest BCUT2D eigenvalue weighted by atomic mass is 9.43. The molecule has 6 atom stereocenters. The zero-order valence-electron chi connectivity index (χ0n) is 21.5. The number of carbonyl (C=O) groups is 3. The van der Waals surface area contributed by atoms with Crippen molar-refractivity contribution >= 4 is 25.0 Å². The smallest absolute Gasteiger partial charge is 0.465 e. The molecule has 11 heteroatoms. The Morgan fingerprint density at radius 3 is 2.40 bits per heavy atom. The molecule has 2 aliphatic heterocycles. The fourth-order valence-corrected chi connectivity index (χ4v) is 6.58. The van der Waals surface area contributed by atoms with Crippen molar-refractivity contribution in [2.45, 2.75) is 84.0 Å². The molecule has 5 aliphatic rings. The first-order valence-electron chi connectivity index (χ1n) is 12.9. The first-order valence-corrected chi connectivity index (χ1v) is 12.9. The van der Waals surface area contributed by atoms with E-state index in [4.69, 9.17) is 14.0 Å². The lowest BCUT2D eigenvalue weighted by Gasteiger charge is -2.64. The standard InChI is InChI=1S/C24H40BN3O7/c1-14(2)10-19(25-34-18-12-15-11-17(23(15,3)4)24(18,5)35-25)27-21(30)16(26-22(31)32)13-20(29)28-6-8-33-9-7-28/h14-19,26H,6-13H2,1-5H3,(H,27,30)(H,31,32)/t15-,16?,17-,18+,19?,24-/m0/s1. The Kier molecular flexibility index (Phi) is 7.42. The summed E-state index contributed by atoms with van der Waals surface area (Å²) in [6, 6.07) is -1.21. The summed E-state index contributed by atoms with van der Waals surface area (Å²) in [5, 5.41) is 14.5. The molecule has 3 saturated carbocycles. The number of rotatable bonds is 8. The highest BCUT2D eigenvalue weighted by Gasteiger charge is 2.68. The van der Waals surface area contributed by atoms with Gasteiger partial charge < -0.3 is 34.7 Å². The number of morpholine rings is 1. The Balaban J connectivity index is 1.45. The fraction of sp³-hybridized carbons (Fsp3) is 0.875. The van der Waals surface area contributed by atoms with Crippen LogP contribution in [0.25, 0.3) is 0 Å². The van der Waals surface area contributed by atoms with Gasteiger partial charge in [0.05, 0.1) is 37.3 Å². The summed E-state index contributed by atoms with van der Waals surface area (Å²) in [5.74, 6) is -0.0307. The van der Waals surface area contributed by atoms with E-state index in [2.05, 4.69) is 45.3 Å². The molecule has 5 fully saturated rings. The molecule has 0 aromatic heterocycles. The van der Waals surface area contributed by atoms with E-state index in [9.17, 15) is 19.5 Å². The van der Waals surface area contributed by atoms with E-state index in [0.29, 0.717) is 44.6 Å². The van der Waals surface area contributed by atoms with E-state index >= 15 is 0 Å². The van der Waals surface area contributed by atoms with Crippen LogP contribution in [-0.2, 0) is 23.6 Å². The third kappa shape index (κ3) is 5.18. The predicted octanol–water partition coefficient (Wildman–Crippen LogP) is 1.67. The average molecular weight is 493 g/mol. The van der Waals surface area contributed by atoms with Crippen LogP contribution in [0, 0.1) is 23.2 Å². The van der Waals surface area contributed by atoms with E-state index in [1.165, 1.54) is 0 Å². The van der Waals surface area contributed by atoms with Crippen LogP contribution in [0.3, 0.4) is 0 Å². The van der Waals surface area contributed by atoms with E-state index in [1.54, 1.807) is 4.90 Å². The number of carbonyl (C=O) groups excluding carboxylic acids is 2. The maximum atomic E-state index is 13.3. The summed E-state index contributed by atoms with van der Waals surface area (Å²) in [6.07, 6.45) is 1.05. The molecule has 5 rings (SSSR count). The molecule has 2 heterocycles. The minimum absolute atomic E-state index is 0.0216. The lowest BCUT2D eigenvalue weighted by Crippen LogP contribution is -2.65. The van der Waals surface area contributed by atoms with Crippen LogP contribution in [0.2, 0.25) is 0 Å². The predicted molar refractivity (Wildman–Crippen MR) is 128 cm³/mol. The minimum atomic E-state index is -1.35. The van der Waals surface area contributed by atoms with Gasteiger partial charge in [0.15, 0.2) is 0 Å². The maximum Gasteiger partial charge on any atom is 0.481 e. The lowest BCUT2D eigenvalue weighted by molar-refractivity contribution is -0.199. The highest BCUT2D eigenvalue weighted by Crippen LogP contribution is 2.65. The number of ether oxygens (including phenoxy) is 1. The number of carboxylic acid groups (broad SMARTS) is 1. The van der Waals surface area contributed by atoms with Crippen LogP contribution in [0.15, 0.2) is 0 Å². The zero-order valence-corrected chi connectivity index (χ0v) is 21.5. The molecule has 10 nitrogen and oxygen atoms in total. The summed E-state index contributed by atoms with van der Waals surface area (Å²) in [6.45, 7) is 12.5. The number of nitrogens with one attached hydrogen (secondary N) is 2. The maximum absolute atomic E-state index is 13.3. The van der Waals surface area contributed by atoms with Gasteiger partial charge in [0.2, 0.25) is 11.8 Å². The molecule has 0 aromatic carbocycles. The van der Waals surface area contributed by atoms with Gasteiger partial charge in [-0.15, -0.1) is 0 Å². The second kappa shape index (κ2) is 9.90. The van der Waals surface area contributed by atoms with Gasteiger partial charge in [-0.05, 0) is 49.4 Å². The largest absolute Gasteiger partial charge is 0.481 e. The van der Waals surface area contributed by atoms with Crippen LogP contribution in [0.4, 0.5) is 4.79 Å². The first-order chi connectivity index (χ1) is 16.4. The monoisotopic (exact) mass is 493 g/mol. The number of amides is 3. The van der Waals surface area contributed by atoms with Gasteiger partial charge in [-0.2, -0.15) is 0 Å². The third-order valence-corrected chi connectivity index (χ3v) is 8.71. The van der Waals surface area contributed by atoms with Crippen molar-refractivity contribution in [1.29, 1.82) is 0 Å². The Bertz CT molecular complexity index is 834. The van der Waals surface area contributed by atoms with Gasteiger partial charge in [0.1, 0.15) is 6.04 Å². The molecule has 2 saturated heterocycles. The van der Waals surface area contributed by atoms with Crippen molar-refractivity contribution in [1.82, 2.24) is 15.5 Å². The Hall–Kier alpha value is -1.85. The highest BCUT2D eigenvalue weighted by molar-refractivity contribution is 6.48. The number of nitrogens with zero attached hydrogens (tertiary/aromatic N) is 1. The van der Waals surface area contributed by atoms with Crippen molar-refractivity contribution in [3.05, 3.63) is 0 Å². The van der Waals surface area contributed by atoms with Crippen molar-refractivity contribution in [2.24, 2.45) is 23.2 Å². The summed E-state index contributed by atoms with van der Waals surface area (Å²) >= 11 is 0. The summed E-state index contributed by atoms with van der Waals surface area (Å²) in [4.78, 5) is 39.0. The summed E-state index contributed by atoms with van der Waals surface area (Å²) < 4.78 is 18.3. The second-order valence-corrected chi connectivity index (χ2v) is 11.8. The van der Waals surface area contributed by atoms with Gasteiger partial charge in [0.25, 0.3) is 0 Å². The Labute approximate surface area is 207 Å². The molecule has 0 aromatic rings. The normalized spacial score (nSPS) is 32.9. The van der Waals surface area contributed by atoms with Crippen molar-refractivity contribution in [3.8, 4) is 0 Å². The van der Waals surface area contributed by atoms with Crippen LogP contribution < -0.4 is 10.6 Å². The Morgan fingerprint density at radius 2 is 1.80 bits per heavy atom. The molecule has 0 radical (unpaired) electrons. The summed E-state index contributed by atoms with van der Waals surface area (Å²) in [5.41, 5.74) is -0.204. The molecule has 3 aliphatic carbocycles. The highest BCUT2D eigenvalue weighted by atomic mass is 16.7. The molecule has 3 N–H and O–H groups in total. The number of hydrogen-bond donors (Lipinski definition) is 3. The molecule has 0 spiro atoms. The fourth-order valence-electron chi connectivity index (χ4n) is 6.58. The van der Waals surface area contributed by atoms with Crippen LogP contribution in [0.5, 0.6) is 0 Å². The van der Waals surface area contributed by atoms with Crippen molar-refractivity contribution in [2.75, 3.05) is 26.3 Å². The molecular formula is C24H40BN3O7. The van der Waals surface area contributed by atoms with Crippen LogP contribution in [0.1, 0.15) is 60.3 Å². The molecule has 196 valence electrons.